The van der Waals surface area contributed by atoms with Gasteiger partial charge in [-0.05, 0) is 30.7 Å². The molecule has 1 aromatic rings. The zero-order chi connectivity index (χ0) is 14.3. The Bertz CT molecular complexity index is 404. The van der Waals surface area contributed by atoms with E-state index in [2.05, 4.69) is 25.7 Å². The summed E-state index contributed by atoms with van der Waals surface area (Å²) < 4.78 is 5.61. The summed E-state index contributed by atoms with van der Waals surface area (Å²) in [6, 6.07) is 6.60. The van der Waals surface area contributed by atoms with Crippen molar-refractivity contribution in [1.82, 2.24) is 4.90 Å². The van der Waals surface area contributed by atoms with Gasteiger partial charge in [0.1, 0.15) is 12.4 Å². The molecule has 1 rings (SSSR count). The fraction of sp³-hybridized carbons (Fsp3) is 0.533. The van der Waals surface area contributed by atoms with Crippen LogP contribution in [0.5, 0.6) is 5.75 Å². The first-order valence-corrected chi connectivity index (χ1v) is 6.71. The second-order valence-electron chi connectivity index (χ2n) is 4.97. The molecule has 0 aliphatic rings. The van der Waals surface area contributed by atoms with Crippen LogP contribution in [-0.2, 0) is 0 Å². The monoisotopic (exact) mass is 265 g/mol. The highest BCUT2D eigenvalue weighted by Crippen LogP contribution is 2.13. The van der Waals surface area contributed by atoms with E-state index in [0.29, 0.717) is 18.3 Å². The van der Waals surface area contributed by atoms with E-state index in [1.54, 1.807) is 24.3 Å². The first-order valence-electron chi connectivity index (χ1n) is 6.71. The summed E-state index contributed by atoms with van der Waals surface area (Å²) in [4.78, 5) is 13.2. The second-order valence-corrected chi connectivity index (χ2v) is 4.97. The van der Waals surface area contributed by atoms with Gasteiger partial charge >= 0.3 is 5.97 Å². The summed E-state index contributed by atoms with van der Waals surface area (Å²) in [6.07, 6.45) is 0. The maximum Gasteiger partial charge on any atom is 0.335 e. The number of rotatable bonds is 8. The molecule has 4 heteroatoms. The molecule has 0 unspecified atom stereocenters. The predicted octanol–water partition coefficient (Wildman–Crippen LogP) is 2.74. The minimum Gasteiger partial charge on any atom is -0.492 e. The number of carboxylic acids is 1. The van der Waals surface area contributed by atoms with Gasteiger partial charge < -0.3 is 9.84 Å². The van der Waals surface area contributed by atoms with Crippen LogP contribution < -0.4 is 4.74 Å². The quantitative estimate of drug-likeness (QED) is 0.785. The van der Waals surface area contributed by atoms with Gasteiger partial charge in [-0.25, -0.2) is 4.79 Å². The number of carboxylic acid groups (broad SMARTS) is 1. The number of carbonyl (C=O) groups is 1. The van der Waals surface area contributed by atoms with Crippen LogP contribution in [0.1, 0.15) is 31.1 Å². The van der Waals surface area contributed by atoms with Gasteiger partial charge in [-0.15, -0.1) is 0 Å². The van der Waals surface area contributed by atoms with E-state index in [1.165, 1.54) is 0 Å². The highest BCUT2D eigenvalue weighted by molar-refractivity contribution is 5.87. The fourth-order valence-corrected chi connectivity index (χ4v) is 1.91. The molecule has 106 valence electrons. The van der Waals surface area contributed by atoms with E-state index in [1.807, 2.05) is 0 Å². The molecule has 0 amide bonds. The summed E-state index contributed by atoms with van der Waals surface area (Å²) in [6.45, 7) is 9.99. The molecule has 0 aromatic heterocycles. The lowest BCUT2D eigenvalue weighted by molar-refractivity contribution is 0.0696. The lowest BCUT2D eigenvalue weighted by atomic mass is 10.2. The molecule has 0 heterocycles. The van der Waals surface area contributed by atoms with Gasteiger partial charge in [-0.1, -0.05) is 26.8 Å². The van der Waals surface area contributed by atoms with Gasteiger partial charge in [0.25, 0.3) is 0 Å². The molecule has 1 aromatic carbocycles. The van der Waals surface area contributed by atoms with E-state index < -0.39 is 5.97 Å². The van der Waals surface area contributed by atoms with Gasteiger partial charge in [0, 0.05) is 13.1 Å². The van der Waals surface area contributed by atoms with Crippen LogP contribution in [0.15, 0.2) is 24.3 Å². The molecule has 1 N–H and O–H groups in total. The van der Waals surface area contributed by atoms with Crippen molar-refractivity contribution in [3.63, 3.8) is 0 Å². The maximum atomic E-state index is 10.8. The van der Waals surface area contributed by atoms with Crippen LogP contribution in [-0.4, -0.2) is 42.2 Å². The Morgan fingerprint density at radius 1 is 1.42 bits per heavy atom. The van der Waals surface area contributed by atoms with Crippen molar-refractivity contribution in [2.24, 2.45) is 5.92 Å². The summed E-state index contributed by atoms with van der Waals surface area (Å²) in [5.41, 5.74) is 0.257. The third-order valence-electron chi connectivity index (χ3n) is 2.83. The van der Waals surface area contributed by atoms with E-state index >= 15 is 0 Å². The minimum atomic E-state index is -0.930. The minimum absolute atomic E-state index is 0.257. The van der Waals surface area contributed by atoms with Crippen molar-refractivity contribution in [1.29, 1.82) is 0 Å². The van der Waals surface area contributed by atoms with E-state index in [-0.39, 0.29) is 5.56 Å². The Kier molecular flexibility index (Phi) is 6.36. The summed E-state index contributed by atoms with van der Waals surface area (Å²) >= 11 is 0. The topological polar surface area (TPSA) is 49.8 Å². The molecular weight excluding hydrogens is 242 g/mol. The van der Waals surface area contributed by atoms with Crippen LogP contribution in [0.4, 0.5) is 0 Å². The first kappa shape index (κ1) is 15.5. The zero-order valence-electron chi connectivity index (χ0n) is 11.9. The molecule has 0 spiro atoms. The van der Waals surface area contributed by atoms with Crippen LogP contribution in [0.3, 0.4) is 0 Å². The molecule has 0 fully saturated rings. The Labute approximate surface area is 115 Å². The van der Waals surface area contributed by atoms with E-state index in [0.717, 1.165) is 19.6 Å². The molecule has 0 saturated heterocycles. The molecular formula is C15H23NO3. The van der Waals surface area contributed by atoms with Crippen LogP contribution >= 0.6 is 0 Å². The zero-order valence-corrected chi connectivity index (χ0v) is 11.9. The van der Waals surface area contributed by atoms with E-state index in [4.69, 9.17) is 9.84 Å². The Morgan fingerprint density at radius 2 is 2.16 bits per heavy atom. The van der Waals surface area contributed by atoms with Crippen molar-refractivity contribution < 1.29 is 14.6 Å². The van der Waals surface area contributed by atoms with Crippen molar-refractivity contribution in [2.45, 2.75) is 20.8 Å². The largest absolute Gasteiger partial charge is 0.492 e. The first-order chi connectivity index (χ1) is 9.02. The molecule has 0 bridgehead atoms. The van der Waals surface area contributed by atoms with Gasteiger partial charge in [0.15, 0.2) is 0 Å². The Balaban J connectivity index is 2.44. The number of aromatic carboxylic acids is 1. The van der Waals surface area contributed by atoms with Gasteiger partial charge in [0.2, 0.25) is 0 Å². The summed E-state index contributed by atoms with van der Waals surface area (Å²) in [5, 5.41) is 8.90. The molecule has 19 heavy (non-hydrogen) atoms. The SMILES string of the molecule is CCN(CCOc1cccc(C(=O)O)c1)CC(C)C. The van der Waals surface area contributed by atoms with Gasteiger partial charge in [-0.3, -0.25) is 4.90 Å². The molecule has 4 nitrogen and oxygen atoms in total. The standard InChI is InChI=1S/C15H23NO3/c1-4-16(11-12(2)3)8-9-19-14-7-5-6-13(10-14)15(17)18/h5-7,10,12H,4,8-9,11H2,1-3H3,(H,17,18). The Hall–Kier alpha value is -1.55. The smallest absolute Gasteiger partial charge is 0.335 e. The summed E-state index contributed by atoms with van der Waals surface area (Å²) in [7, 11) is 0. The van der Waals surface area contributed by atoms with Crippen molar-refractivity contribution in [3.8, 4) is 5.75 Å². The predicted molar refractivity (Wildman–Crippen MR) is 75.8 cm³/mol. The fourth-order valence-electron chi connectivity index (χ4n) is 1.91. The number of hydrogen-bond donors (Lipinski definition) is 1. The third kappa shape index (κ3) is 5.75. The van der Waals surface area contributed by atoms with Crippen molar-refractivity contribution in [2.75, 3.05) is 26.2 Å². The van der Waals surface area contributed by atoms with Gasteiger partial charge in [-0.2, -0.15) is 0 Å². The lowest BCUT2D eigenvalue weighted by Gasteiger charge is -2.22. The maximum absolute atomic E-state index is 10.8. The van der Waals surface area contributed by atoms with E-state index in [9.17, 15) is 4.79 Å². The number of ether oxygens (including phenoxy) is 1. The van der Waals surface area contributed by atoms with Crippen LogP contribution in [0.25, 0.3) is 0 Å². The molecule has 0 atom stereocenters. The molecule has 0 saturated carbocycles. The highest BCUT2D eigenvalue weighted by Gasteiger charge is 2.06. The lowest BCUT2D eigenvalue weighted by Crippen LogP contribution is -2.31. The van der Waals surface area contributed by atoms with Gasteiger partial charge in [0.05, 0.1) is 5.56 Å². The van der Waals surface area contributed by atoms with Crippen molar-refractivity contribution in [3.05, 3.63) is 29.8 Å². The number of likely N-dealkylation sites (N-methyl/N-ethyl adjacent to an activating group) is 1. The normalized spacial score (nSPS) is 11.0. The van der Waals surface area contributed by atoms with Crippen molar-refractivity contribution >= 4 is 5.97 Å². The average molecular weight is 265 g/mol. The summed E-state index contributed by atoms with van der Waals surface area (Å²) in [5.74, 6) is 0.316. The van der Waals surface area contributed by atoms with Crippen LogP contribution in [0, 0.1) is 5.92 Å². The Morgan fingerprint density at radius 3 is 2.74 bits per heavy atom. The molecule has 0 aliphatic heterocycles. The third-order valence-corrected chi connectivity index (χ3v) is 2.83. The number of hydrogen-bond acceptors (Lipinski definition) is 3. The average Bonchev–Trinajstić information content (AvgIpc) is 2.37. The number of nitrogens with zero attached hydrogens (tertiary/aromatic N) is 1. The van der Waals surface area contributed by atoms with Crippen LogP contribution in [0.2, 0.25) is 0 Å². The second kappa shape index (κ2) is 7.79. The number of benzene rings is 1. The molecule has 0 radical (unpaired) electrons. The highest BCUT2D eigenvalue weighted by atomic mass is 16.5. The molecule has 0 aliphatic carbocycles.